The highest BCUT2D eigenvalue weighted by Gasteiger charge is 2.22. The molecule has 1 unspecified atom stereocenters. The molecular formula is C19H19F2NO4. The zero-order valence-corrected chi connectivity index (χ0v) is 14.4. The Kier molecular flexibility index (Phi) is 6.27. The first-order chi connectivity index (χ1) is 12.3. The van der Waals surface area contributed by atoms with E-state index in [4.69, 9.17) is 4.74 Å². The molecule has 2 aromatic carbocycles. The summed E-state index contributed by atoms with van der Waals surface area (Å²) in [6, 6.07) is 6.94. The lowest BCUT2D eigenvalue weighted by Crippen LogP contribution is -2.34. The van der Waals surface area contributed by atoms with E-state index < -0.39 is 29.6 Å². The van der Waals surface area contributed by atoms with Crippen molar-refractivity contribution in [1.29, 1.82) is 0 Å². The molecule has 0 aliphatic rings. The Labute approximate surface area is 149 Å². The van der Waals surface area contributed by atoms with Crippen LogP contribution in [0, 0.1) is 18.6 Å². The lowest BCUT2D eigenvalue weighted by molar-refractivity contribution is -0.142. The highest BCUT2D eigenvalue weighted by atomic mass is 19.1. The first-order valence-corrected chi connectivity index (χ1v) is 7.92. The summed E-state index contributed by atoms with van der Waals surface area (Å²) in [6.07, 6.45) is 0.220. The number of carbonyl (C=O) groups excluding carboxylic acids is 1. The van der Waals surface area contributed by atoms with Crippen molar-refractivity contribution in [1.82, 2.24) is 5.32 Å². The molecule has 1 amide bonds. The van der Waals surface area contributed by atoms with Gasteiger partial charge in [0.15, 0.2) is 17.6 Å². The molecule has 2 aromatic rings. The number of hydrogen-bond donors (Lipinski definition) is 2. The van der Waals surface area contributed by atoms with Crippen molar-refractivity contribution in [3.63, 3.8) is 0 Å². The number of ether oxygens (including phenoxy) is 1. The molecule has 1 atom stereocenters. The number of benzene rings is 2. The second-order valence-corrected chi connectivity index (χ2v) is 5.82. The fourth-order valence-electron chi connectivity index (χ4n) is 2.49. The van der Waals surface area contributed by atoms with E-state index in [1.54, 1.807) is 6.07 Å². The molecule has 0 aliphatic heterocycles. The standard InChI is InChI=1S/C19H19F2NO4/c1-11-9-13(5-6-14(11)20)18(19(24)25)22-17(23)8-4-12-3-7-16(26-2)15(21)10-12/h3,5-7,9-10,18H,4,8H2,1-2H3,(H,22,23)(H,24,25). The van der Waals surface area contributed by atoms with Crippen molar-refractivity contribution in [2.45, 2.75) is 25.8 Å². The van der Waals surface area contributed by atoms with Crippen molar-refractivity contribution in [3.05, 3.63) is 64.7 Å². The number of carboxylic acids is 1. The fraction of sp³-hybridized carbons (Fsp3) is 0.263. The quantitative estimate of drug-likeness (QED) is 0.792. The van der Waals surface area contributed by atoms with E-state index in [1.165, 1.54) is 38.3 Å². The Hall–Kier alpha value is -2.96. The summed E-state index contributed by atoms with van der Waals surface area (Å²) in [5.41, 5.74) is 1.15. The van der Waals surface area contributed by atoms with E-state index >= 15 is 0 Å². The Morgan fingerprint density at radius 3 is 2.46 bits per heavy atom. The molecule has 5 nitrogen and oxygen atoms in total. The van der Waals surface area contributed by atoms with Gasteiger partial charge in [-0.05, 0) is 48.2 Å². The molecule has 26 heavy (non-hydrogen) atoms. The summed E-state index contributed by atoms with van der Waals surface area (Å²) >= 11 is 0. The van der Waals surface area contributed by atoms with E-state index in [-0.39, 0.29) is 29.7 Å². The molecule has 2 rings (SSSR count). The van der Waals surface area contributed by atoms with Crippen LogP contribution in [0.3, 0.4) is 0 Å². The van der Waals surface area contributed by atoms with E-state index in [0.717, 1.165) is 6.07 Å². The number of methoxy groups -OCH3 is 1. The van der Waals surface area contributed by atoms with Crippen LogP contribution in [0.15, 0.2) is 36.4 Å². The Morgan fingerprint density at radius 1 is 1.15 bits per heavy atom. The van der Waals surface area contributed by atoms with Crippen LogP contribution in [-0.2, 0) is 16.0 Å². The number of carboxylic acid groups (broad SMARTS) is 1. The fourth-order valence-corrected chi connectivity index (χ4v) is 2.49. The predicted octanol–water partition coefficient (Wildman–Crippen LogP) is 3.16. The van der Waals surface area contributed by atoms with Gasteiger partial charge in [0.25, 0.3) is 0 Å². The smallest absolute Gasteiger partial charge is 0.330 e. The summed E-state index contributed by atoms with van der Waals surface area (Å²) in [6.45, 7) is 1.51. The normalized spacial score (nSPS) is 11.7. The molecule has 2 N–H and O–H groups in total. The second-order valence-electron chi connectivity index (χ2n) is 5.82. The number of hydrogen-bond acceptors (Lipinski definition) is 3. The van der Waals surface area contributed by atoms with E-state index in [2.05, 4.69) is 5.32 Å². The van der Waals surface area contributed by atoms with Gasteiger partial charge in [0.05, 0.1) is 7.11 Å². The van der Waals surface area contributed by atoms with Gasteiger partial charge >= 0.3 is 5.97 Å². The summed E-state index contributed by atoms with van der Waals surface area (Å²) in [4.78, 5) is 23.5. The summed E-state index contributed by atoms with van der Waals surface area (Å²) < 4.78 is 31.8. The Bertz CT molecular complexity index is 823. The highest BCUT2D eigenvalue weighted by Crippen LogP contribution is 2.20. The first kappa shape index (κ1) is 19.4. The minimum Gasteiger partial charge on any atom is -0.494 e. The molecule has 138 valence electrons. The van der Waals surface area contributed by atoms with Gasteiger partial charge < -0.3 is 15.2 Å². The Morgan fingerprint density at radius 2 is 1.88 bits per heavy atom. The van der Waals surface area contributed by atoms with Crippen molar-refractivity contribution in [2.24, 2.45) is 0 Å². The second kappa shape index (κ2) is 8.42. The zero-order chi connectivity index (χ0) is 19.3. The highest BCUT2D eigenvalue weighted by molar-refractivity contribution is 5.84. The maximum Gasteiger partial charge on any atom is 0.330 e. The first-order valence-electron chi connectivity index (χ1n) is 7.92. The van der Waals surface area contributed by atoms with Crippen molar-refractivity contribution in [2.75, 3.05) is 7.11 Å². The minimum absolute atomic E-state index is 0.0181. The van der Waals surface area contributed by atoms with Gasteiger partial charge in [-0.25, -0.2) is 13.6 Å². The third-order valence-corrected chi connectivity index (χ3v) is 3.92. The summed E-state index contributed by atoms with van der Waals surface area (Å²) in [5, 5.41) is 11.8. The molecule has 0 fully saturated rings. The van der Waals surface area contributed by atoms with Gasteiger partial charge in [-0.1, -0.05) is 18.2 Å². The molecule has 0 heterocycles. The Balaban J connectivity index is 2.02. The minimum atomic E-state index is -1.28. The summed E-state index contributed by atoms with van der Waals surface area (Å²) in [7, 11) is 1.36. The molecule has 0 saturated carbocycles. The van der Waals surface area contributed by atoms with Crippen LogP contribution in [0.1, 0.15) is 29.2 Å². The van der Waals surface area contributed by atoms with Gasteiger partial charge in [0, 0.05) is 6.42 Å². The molecule has 0 radical (unpaired) electrons. The molecule has 7 heteroatoms. The molecule has 0 bridgehead atoms. The van der Waals surface area contributed by atoms with Crippen molar-refractivity contribution >= 4 is 11.9 Å². The molecule has 0 spiro atoms. The van der Waals surface area contributed by atoms with E-state index in [1.807, 2.05) is 0 Å². The van der Waals surface area contributed by atoms with Crippen LogP contribution < -0.4 is 10.1 Å². The molecular weight excluding hydrogens is 344 g/mol. The molecule has 0 saturated heterocycles. The zero-order valence-electron chi connectivity index (χ0n) is 14.4. The van der Waals surface area contributed by atoms with Crippen LogP contribution in [0.25, 0.3) is 0 Å². The van der Waals surface area contributed by atoms with Gasteiger partial charge in [-0.15, -0.1) is 0 Å². The molecule has 0 aliphatic carbocycles. The third-order valence-electron chi connectivity index (χ3n) is 3.92. The lowest BCUT2D eigenvalue weighted by atomic mass is 10.0. The molecule has 0 aromatic heterocycles. The SMILES string of the molecule is COc1ccc(CCC(=O)NC(C(=O)O)c2ccc(F)c(C)c2)cc1F. The third kappa shape index (κ3) is 4.78. The van der Waals surface area contributed by atoms with Crippen LogP contribution in [0.4, 0.5) is 8.78 Å². The maximum atomic E-state index is 13.6. The van der Waals surface area contributed by atoms with Crippen molar-refractivity contribution < 1.29 is 28.2 Å². The maximum absolute atomic E-state index is 13.6. The van der Waals surface area contributed by atoms with Crippen LogP contribution in [0.2, 0.25) is 0 Å². The summed E-state index contributed by atoms with van der Waals surface area (Å²) in [5.74, 6) is -2.63. The lowest BCUT2D eigenvalue weighted by Gasteiger charge is -2.16. The largest absolute Gasteiger partial charge is 0.494 e. The van der Waals surface area contributed by atoms with Crippen LogP contribution >= 0.6 is 0 Å². The van der Waals surface area contributed by atoms with Crippen LogP contribution in [0.5, 0.6) is 5.75 Å². The average Bonchev–Trinajstić information content (AvgIpc) is 2.60. The van der Waals surface area contributed by atoms with Gasteiger partial charge in [-0.2, -0.15) is 0 Å². The van der Waals surface area contributed by atoms with Crippen molar-refractivity contribution in [3.8, 4) is 5.75 Å². The number of carbonyl (C=O) groups is 2. The van der Waals surface area contributed by atoms with Crippen LogP contribution in [-0.4, -0.2) is 24.1 Å². The average molecular weight is 363 g/mol. The van der Waals surface area contributed by atoms with E-state index in [0.29, 0.717) is 5.56 Å². The number of aryl methyl sites for hydroxylation is 2. The number of rotatable bonds is 7. The van der Waals surface area contributed by atoms with Gasteiger partial charge in [-0.3, -0.25) is 4.79 Å². The predicted molar refractivity (Wildman–Crippen MR) is 90.9 cm³/mol. The number of nitrogens with one attached hydrogen (secondary N) is 1. The number of halogens is 2. The van der Waals surface area contributed by atoms with Gasteiger partial charge in [0.1, 0.15) is 5.82 Å². The monoisotopic (exact) mass is 363 g/mol. The van der Waals surface area contributed by atoms with Gasteiger partial charge in [0.2, 0.25) is 5.91 Å². The number of amides is 1. The topological polar surface area (TPSA) is 75.6 Å². The number of aliphatic carboxylic acids is 1. The van der Waals surface area contributed by atoms with E-state index in [9.17, 15) is 23.5 Å².